The number of hydrogen-bond acceptors (Lipinski definition) is 3. The van der Waals surface area contributed by atoms with Gasteiger partial charge >= 0.3 is 6.03 Å². The Kier molecular flexibility index (Phi) is 4.22. The predicted octanol–water partition coefficient (Wildman–Crippen LogP) is 3.37. The lowest BCUT2D eigenvalue weighted by Crippen LogP contribution is -2.57. The first-order valence-electron chi connectivity index (χ1n) is 9.05. The van der Waals surface area contributed by atoms with E-state index in [0.29, 0.717) is 26.3 Å². The van der Waals surface area contributed by atoms with E-state index in [2.05, 4.69) is 17.4 Å². The molecule has 1 aromatic carbocycles. The Bertz CT molecular complexity index is 591. The third-order valence-corrected chi connectivity index (χ3v) is 5.50. The number of nitrogens with zero attached hydrogens (tertiary/aromatic N) is 1. The smallest absolute Gasteiger partial charge is 0.322 e. The molecule has 1 aromatic rings. The Hall–Kier alpha value is -1.59. The molecule has 3 fully saturated rings. The standard InChI is InChI=1S/C19H26N2O3/c1-14-11-21(12-19(24-14)9-10-23-13-19)18(22)20-17-7-5-16(6-8-17)15-3-2-4-15/h5-8,14-15H,2-4,9-13H2,1H3,(H,20,22)/t14-,19+/m1/s1. The molecule has 1 spiro atoms. The minimum atomic E-state index is -0.316. The molecule has 2 amide bonds. The maximum absolute atomic E-state index is 12.7. The van der Waals surface area contributed by atoms with Crippen LogP contribution in [-0.2, 0) is 9.47 Å². The van der Waals surface area contributed by atoms with Crippen molar-refractivity contribution < 1.29 is 14.3 Å². The van der Waals surface area contributed by atoms with Crippen LogP contribution in [0.5, 0.6) is 0 Å². The summed E-state index contributed by atoms with van der Waals surface area (Å²) in [5.74, 6) is 0.720. The van der Waals surface area contributed by atoms with Gasteiger partial charge in [0, 0.05) is 25.3 Å². The van der Waals surface area contributed by atoms with Crippen LogP contribution < -0.4 is 5.32 Å². The minimum absolute atomic E-state index is 0.0344. The predicted molar refractivity (Wildman–Crippen MR) is 92.3 cm³/mol. The summed E-state index contributed by atoms with van der Waals surface area (Å²) in [4.78, 5) is 14.5. The summed E-state index contributed by atoms with van der Waals surface area (Å²) < 4.78 is 11.6. The molecule has 0 bridgehead atoms. The lowest BCUT2D eigenvalue weighted by Gasteiger charge is -2.42. The van der Waals surface area contributed by atoms with Gasteiger partial charge in [0.2, 0.25) is 0 Å². The number of urea groups is 1. The van der Waals surface area contributed by atoms with E-state index in [4.69, 9.17) is 9.47 Å². The molecule has 24 heavy (non-hydrogen) atoms. The Balaban J connectivity index is 1.39. The van der Waals surface area contributed by atoms with Gasteiger partial charge in [0.25, 0.3) is 0 Å². The van der Waals surface area contributed by atoms with E-state index in [1.54, 1.807) is 0 Å². The lowest BCUT2D eigenvalue weighted by atomic mass is 9.80. The number of hydrogen-bond donors (Lipinski definition) is 1. The van der Waals surface area contributed by atoms with Crippen molar-refractivity contribution in [1.29, 1.82) is 0 Å². The number of rotatable bonds is 2. The maximum atomic E-state index is 12.7. The molecule has 0 unspecified atom stereocenters. The van der Waals surface area contributed by atoms with Crippen LogP contribution in [0.4, 0.5) is 10.5 Å². The molecular weight excluding hydrogens is 304 g/mol. The fraction of sp³-hybridized carbons (Fsp3) is 0.632. The van der Waals surface area contributed by atoms with Gasteiger partial charge in [-0.25, -0.2) is 4.79 Å². The molecule has 1 saturated carbocycles. The third-order valence-electron chi connectivity index (χ3n) is 5.50. The van der Waals surface area contributed by atoms with Crippen LogP contribution in [0.1, 0.15) is 44.1 Å². The first-order valence-corrected chi connectivity index (χ1v) is 9.05. The van der Waals surface area contributed by atoms with Gasteiger partial charge in [-0.2, -0.15) is 0 Å². The second kappa shape index (κ2) is 6.37. The molecule has 2 aliphatic heterocycles. The molecule has 0 aromatic heterocycles. The molecule has 2 saturated heterocycles. The van der Waals surface area contributed by atoms with Gasteiger partial charge in [0.05, 0.1) is 19.3 Å². The molecule has 3 aliphatic rings. The maximum Gasteiger partial charge on any atom is 0.322 e. The quantitative estimate of drug-likeness (QED) is 0.904. The summed E-state index contributed by atoms with van der Waals surface area (Å²) in [6.45, 7) is 4.53. The molecule has 5 heteroatoms. The Morgan fingerprint density at radius 1 is 1.29 bits per heavy atom. The van der Waals surface area contributed by atoms with E-state index >= 15 is 0 Å². The van der Waals surface area contributed by atoms with Crippen molar-refractivity contribution in [2.75, 3.05) is 31.6 Å². The largest absolute Gasteiger partial charge is 0.378 e. The first kappa shape index (κ1) is 15.9. The SMILES string of the molecule is C[C@@H]1CN(C(=O)Nc2ccc(C3CCC3)cc2)C[C@]2(CCOC2)O1. The Morgan fingerprint density at radius 2 is 2.08 bits per heavy atom. The van der Waals surface area contributed by atoms with E-state index in [9.17, 15) is 4.79 Å². The van der Waals surface area contributed by atoms with Crippen LogP contribution >= 0.6 is 0 Å². The summed E-state index contributed by atoms with van der Waals surface area (Å²) >= 11 is 0. The van der Waals surface area contributed by atoms with Crippen LogP contribution in [0.25, 0.3) is 0 Å². The van der Waals surface area contributed by atoms with Crippen molar-refractivity contribution in [1.82, 2.24) is 4.90 Å². The van der Waals surface area contributed by atoms with Crippen molar-refractivity contribution >= 4 is 11.7 Å². The van der Waals surface area contributed by atoms with Crippen LogP contribution in [0, 0.1) is 0 Å². The van der Waals surface area contributed by atoms with Crippen molar-refractivity contribution in [3.8, 4) is 0 Å². The number of nitrogens with one attached hydrogen (secondary N) is 1. The average molecular weight is 330 g/mol. The minimum Gasteiger partial charge on any atom is -0.378 e. The molecule has 4 rings (SSSR count). The van der Waals surface area contributed by atoms with E-state index in [1.807, 2.05) is 24.0 Å². The number of carbonyl (C=O) groups excluding carboxylic acids is 1. The van der Waals surface area contributed by atoms with Crippen molar-refractivity contribution in [3.05, 3.63) is 29.8 Å². The van der Waals surface area contributed by atoms with Crippen molar-refractivity contribution in [2.24, 2.45) is 0 Å². The highest BCUT2D eigenvalue weighted by Crippen LogP contribution is 2.36. The van der Waals surface area contributed by atoms with Crippen LogP contribution in [-0.4, -0.2) is 48.9 Å². The molecular formula is C19H26N2O3. The first-order chi connectivity index (χ1) is 11.6. The summed E-state index contributed by atoms with van der Waals surface area (Å²) in [6, 6.07) is 8.28. The van der Waals surface area contributed by atoms with Gasteiger partial charge < -0.3 is 19.7 Å². The number of carbonyl (C=O) groups is 1. The molecule has 1 N–H and O–H groups in total. The molecule has 2 heterocycles. The monoisotopic (exact) mass is 330 g/mol. The number of anilines is 1. The zero-order valence-corrected chi connectivity index (χ0v) is 14.3. The zero-order chi connectivity index (χ0) is 16.6. The highest BCUT2D eigenvalue weighted by Gasteiger charge is 2.44. The highest BCUT2D eigenvalue weighted by molar-refractivity contribution is 5.89. The molecule has 2 atom stereocenters. The van der Waals surface area contributed by atoms with Gasteiger partial charge in [0.1, 0.15) is 5.60 Å². The molecule has 5 nitrogen and oxygen atoms in total. The third kappa shape index (κ3) is 3.15. The Labute approximate surface area is 143 Å². The van der Waals surface area contributed by atoms with E-state index in [1.165, 1.54) is 24.8 Å². The fourth-order valence-electron chi connectivity index (χ4n) is 3.97. The van der Waals surface area contributed by atoms with Gasteiger partial charge in [-0.1, -0.05) is 18.6 Å². The Morgan fingerprint density at radius 3 is 2.71 bits per heavy atom. The topological polar surface area (TPSA) is 50.8 Å². The summed E-state index contributed by atoms with van der Waals surface area (Å²) in [6.07, 6.45) is 4.82. The fourth-order valence-corrected chi connectivity index (χ4v) is 3.97. The highest BCUT2D eigenvalue weighted by atomic mass is 16.6. The summed E-state index contributed by atoms with van der Waals surface area (Å²) in [5.41, 5.74) is 1.93. The van der Waals surface area contributed by atoms with E-state index in [-0.39, 0.29) is 17.7 Å². The number of benzene rings is 1. The average Bonchev–Trinajstić information content (AvgIpc) is 2.94. The van der Waals surface area contributed by atoms with Gasteiger partial charge in [-0.3, -0.25) is 0 Å². The summed E-state index contributed by atoms with van der Waals surface area (Å²) in [7, 11) is 0. The number of ether oxygens (including phenoxy) is 2. The van der Waals surface area contributed by atoms with Crippen molar-refractivity contribution in [3.63, 3.8) is 0 Å². The molecule has 130 valence electrons. The summed E-state index contributed by atoms with van der Waals surface area (Å²) in [5, 5.41) is 3.03. The van der Waals surface area contributed by atoms with E-state index < -0.39 is 0 Å². The zero-order valence-electron chi connectivity index (χ0n) is 14.3. The molecule has 1 aliphatic carbocycles. The number of morpholine rings is 1. The lowest BCUT2D eigenvalue weighted by molar-refractivity contribution is -0.136. The second-order valence-corrected chi connectivity index (χ2v) is 7.47. The van der Waals surface area contributed by atoms with Crippen LogP contribution in [0.3, 0.4) is 0 Å². The van der Waals surface area contributed by atoms with Crippen molar-refractivity contribution in [2.45, 2.75) is 50.2 Å². The van der Waals surface area contributed by atoms with Gasteiger partial charge in [0.15, 0.2) is 0 Å². The van der Waals surface area contributed by atoms with Crippen LogP contribution in [0.15, 0.2) is 24.3 Å². The van der Waals surface area contributed by atoms with E-state index in [0.717, 1.165) is 18.0 Å². The number of amides is 2. The normalized spacial score (nSPS) is 30.4. The second-order valence-electron chi connectivity index (χ2n) is 7.47. The van der Waals surface area contributed by atoms with Gasteiger partial charge in [-0.15, -0.1) is 0 Å². The van der Waals surface area contributed by atoms with Crippen LogP contribution in [0.2, 0.25) is 0 Å². The van der Waals surface area contributed by atoms with Gasteiger partial charge in [-0.05, 0) is 43.4 Å². The molecule has 0 radical (unpaired) electrons.